The molecule has 0 aromatic heterocycles. The van der Waals surface area contributed by atoms with Crippen molar-refractivity contribution >= 4 is 11.7 Å². The molecule has 0 aliphatic heterocycles. The highest BCUT2D eigenvalue weighted by Crippen LogP contribution is 2.26. The Morgan fingerprint density at radius 3 is 1.93 bits per heavy atom. The molecule has 2 rings (SSSR count). The molecule has 5 heteroatoms. The van der Waals surface area contributed by atoms with Gasteiger partial charge in [-0.3, -0.25) is 9.59 Å². The van der Waals surface area contributed by atoms with Crippen molar-refractivity contribution in [1.82, 2.24) is 0 Å². The fraction of sp³-hybridized carbons (Fsp3) is 0.909. The quantitative estimate of drug-likeness (QED) is 0.636. The summed E-state index contributed by atoms with van der Waals surface area (Å²) >= 11 is 0. The molecule has 0 heterocycles. The Balaban J connectivity index is 0.000000442. The first-order valence-electron chi connectivity index (χ1n) is 11.0. The molecule has 0 aromatic rings. The van der Waals surface area contributed by atoms with E-state index in [1.54, 1.807) is 6.92 Å². The van der Waals surface area contributed by atoms with Crippen LogP contribution in [0, 0.1) is 11.8 Å². The summed E-state index contributed by atoms with van der Waals surface area (Å²) in [6.45, 7) is 6.64. The number of carbonyl (C=O) groups is 2. The molecule has 2 fully saturated rings. The maximum absolute atomic E-state index is 11.5. The highest BCUT2D eigenvalue weighted by Gasteiger charge is 2.22. The van der Waals surface area contributed by atoms with Crippen LogP contribution in [-0.2, 0) is 14.3 Å². The number of carbonyl (C=O) groups excluding carboxylic acids is 2. The number of Topliss-reactive ketones (excluding diaryl/α,β-unsaturated/α-hetero) is 1. The normalized spacial score (nSPS) is 18.1. The molecule has 0 aromatic carbocycles. The first kappa shape index (κ1) is 26.1. The lowest BCUT2D eigenvalue weighted by atomic mass is 9.83. The van der Waals surface area contributed by atoms with Gasteiger partial charge in [-0.15, -0.1) is 0 Å². The molecule has 2 saturated carbocycles. The lowest BCUT2D eigenvalue weighted by Gasteiger charge is -2.21. The number of nitrogens with two attached hydrogens (primary N) is 1. The number of primary amides is 1. The number of aliphatic hydroxyl groups is 1. The van der Waals surface area contributed by atoms with Crippen LogP contribution in [0.25, 0.3) is 0 Å². The van der Waals surface area contributed by atoms with Gasteiger partial charge in [0, 0.05) is 31.5 Å². The summed E-state index contributed by atoms with van der Waals surface area (Å²) in [6.07, 6.45) is 14.2. The van der Waals surface area contributed by atoms with Crippen molar-refractivity contribution in [1.29, 1.82) is 0 Å². The van der Waals surface area contributed by atoms with E-state index in [2.05, 4.69) is 0 Å². The molecule has 0 spiro atoms. The van der Waals surface area contributed by atoms with E-state index in [0.717, 1.165) is 19.3 Å². The maximum atomic E-state index is 11.5. The van der Waals surface area contributed by atoms with Crippen LogP contribution in [-0.4, -0.2) is 36.1 Å². The molecule has 0 saturated heterocycles. The lowest BCUT2D eigenvalue weighted by molar-refractivity contribution is -0.126. The van der Waals surface area contributed by atoms with E-state index in [0.29, 0.717) is 30.8 Å². The van der Waals surface area contributed by atoms with Crippen molar-refractivity contribution in [3.63, 3.8) is 0 Å². The zero-order chi connectivity index (χ0) is 20.5. The Hall–Kier alpha value is -0.940. The second kappa shape index (κ2) is 17.2. The van der Waals surface area contributed by atoms with Crippen molar-refractivity contribution in [3.05, 3.63) is 0 Å². The average molecular weight is 386 g/mol. The van der Waals surface area contributed by atoms with Crippen LogP contribution in [0.5, 0.6) is 0 Å². The van der Waals surface area contributed by atoms with Crippen LogP contribution in [0.15, 0.2) is 0 Å². The number of hydrogen-bond donors (Lipinski definition) is 2. The molecule has 0 atom stereocenters. The van der Waals surface area contributed by atoms with Gasteiger partial charge in [0.15, 0.2) is 0 Å². The summed E-state index contributed by atoms with van der Waals surface area (Å²) in [6, 6.07) is 0. The standard InChI is InChI=1S/C10H19NO2.C10H18O.C2H6O/c11-10(12)7-4-8-13-9-5-2-1-3-6-9;1-8(2)10(11)9-6-4-3-5-7-9;1-2-3/h9H,1-8H2,(H2,11,12);8-9H,3-7H2,1-2H3;3H,2H2,1H3. The molecular formula is C22H43NO4. The van der Waals surface area contributed by atoms with Gasteiger partial charge in [-0.1, -0.05) is 52.4 Å². The molecule has 5 nitrogen and oxygen atoms in total. The zero-order valence-electron chi connectivity index (χ0n) is 17.9. The summed E-state index contributed by atoms with van der Waals surface area (Å²) in [5, 5.41) is 7.57. The number of rotatable bonds is 7. The molecule has 0 bridgehead atoms. The van der Waals surface area contributed by atoms with Gasteiger partial charge < -0.3 is 15.6 Å². The maximum Gasteiger partial charge on any atom is 0.217 e. The van der Waals surface area contributed by atoms with Gasteiger partial charge in [-0.25, -0.2) is 0 Å². The first-order chi connectivity index (χ1) is 12.9. The van der Waals surface area contributed by atoms with Gasteiger partial charge in [0.2, 0.25) is 5.91 Å². The smallest absolute Gasteiger partial charge is 0.217 e. The zero-order valence-corrected chi connectivity index (χ0v) is 17.9. The summed E-state index contributed by atoms with van der Waals surface area (Å²) in [7, 11) is 0. The fourth-order valence-corrected chi connectivity index (χ4v) is 3.59. The summed E-state index contributed by atoms with van der Waals surface area (Å²) in [5.74, 6) is 0.916. The summed E-state index contributed by atoms with van der Waals surface area (Å²) in [5.41, 5.74) is 5.02. The van der Waals surface area contributed by atoms with Crippen molar-refractivity contribution in [2.75, 3.05) is 13.2 Å². The van der Waals surface area contributed by atoms with Crippen molar-refractivity contribution in [2.24, 2.45) is 17.6 Å². The Morgan fingerprint density at radius 1 is 1.00 bits per heavy atom. The third-order valence-corrected chi connectivity index (χ3v) is 5.05. The largest absolute Gasteiger partial charge is 0.397 e. The minimum atomic E-state index is -0.229. The van der Waals surface area contributed by atoms with Gasteiger partial charge in [0.05, 0.1) is 6.10 Å². The van der Waals surface area contributed by atoms with Gasteiger partial charge in [-0.2, -0.15) is 0 Å². The predicted octanol–water partition coefficient (Wildman–Crippen LogP) is 4.39. The van der Waals surface area contributed by atoms with Crippen LogP contribution < -0.4 is 5.73 Å². The Labute approximate surface area is 166 Å². The molecule has 1 amide bonds. The van der Waals surface area contributed by atoms with Crippen LogP contribution >= 0.6 is 0 Å². The van der Waals surface area contributed by atoms with Gasteiger partial charge in [0.25, 0.3) is 0 Å². The Morgan fingerprint density at radius 2 is 1.48 bits per heavy atom. The predicted molar refractivity (Wildman–Crippen MR) is 110 cm³/mol. The Kier molecular flexibility index (Phi) is 16.6. The Bertz CT molecular complexity index is 373. The first-order valence-corrected chi connectivity index (χ1v) is 11.0. The van der Waals surface area contributed by atoms with Crippen LogP contribution in [0.2, 0.25) is 0 Å². The topological polar surface area (TPSA) is 89.6 Å². The lowest BCUT2D eigenvalue weighted by Crippen LogP contribution is -2.21. The summed E-state index contributed by atoms with van der Waals surface area (Å²) in [4.78, 5) is 21.9. The van der Waals surface area contributed by atoms with Crippen LogP contribution in [0.3, 0.4) is 0 Å². The van der Waals surface area contributed by atoms with Crippen LogP contribution in [0.4, 0.5) is 0 Å². The molecule has 27 heavy (non-hydrogen) atoms. The number of amides is 1. The van der Waals surface area contributed by atoms with E-state index in [1.807, 2.05) is 13.8 Å². The molecule has 3 N–H and O–H groups in total. The van der Waals surface area contributed by atoms with E-state index < -0.39 is 0 Å². The fourth-order valence-electron chi connectivity index (χ4n) is 3.59. The summed E-state index contributed by atoms with van der Waals surface area (Å²) < 4.78 is 5.63. The number of ketones is 1. The van der Waals surface area contributed by atoms with Gasteiger partial charge in [-0.05, 0) is 39.0 Å². The molecule has 2 aliphatic carbocycles. The van der Waals surface area contributed by atoms with Crippen LogP contribution in [0.1, 0.15) is 97.8 Å². The third-order valence-electron chi connectivity index (χ3n) is 5.05. The second-order valence-electron chi connectivity index (χ2n) is 7.91. The van der Waals surface area contributed by atoms with E-state index >= 15 is 0 Å². The minimum absolute atomic E-state index is 0.229. The second-order valence-corrected chi connectivity index (χ2v) is 7.91. The number of hydrogen-bond acceptors (Lipinski definition) is 4. The highest BCUT2D eigenvalue weighted by atomic mass is 16.5. The third kappa shape index (κ3) is 14.7. The van der Waals surface area contributed by atoms with Crippen molar-refractivity contribution in [3.8, 4) is 0 Å². The number of aliphatic hydroxyl groups excluding tert-OH is 1. The molecule has 160 valence electrons. The van der Waals surface area contributed by atoms with Gasteiger partial charge in [0.1, 0.15) is 5.78 Å². The van der Waals surface area contributed by atoms with Crippen molar-refractivity contribution in [2.45, 2.75) is 104 Å². The van der Waals surface area contributed by atoms with Crippen molar-refractivity contribution < 1.29 is 19.4 Å². The number of ether oxygens (including phenoxy) is 1. The minimum Gasteiger partial charge on any atom is -0.397 e. The highest BCUT2D eigenvalue weighted by molar-refractivity contribution is 5.82. The molecule has 2 aliphatic rings. The molecule has 0 unspecified atom stereocenters. The van der Waals surface area contributed by atoms with E-state index in [-0.39, 0.29) is 18.4 Å². The van der Waals surface area contributed by atoms with E-state index in [4.69, 9.17) is 15.6 Å². The SMILES string of the molecule is CC(C)C(=O)C1CCCCC1.CCO.NC(=O)CCCOC1CCCCC1. The van der Waals surface area contributed by atoms with E-state index in [9.17, 15) is 9.59 Å². The monoisotopic (exact) mass is 385 g/mol. The molecular weight excluding hydrogens is 342 g/mol. The molecule has 0 radical (unpaired) electrons. The van der Waals surface area contributed by atoms with Gasteiger partial charge >= 0.3 is 0 Å². The van der Waals surface area contributed by atoms with E-state index in [1.165, 1.54) is 51.4 Å². The average Bonchev–Trinajstić information content (AvgIpc) is 2.67.